The molecular formula is C13H26N2O. The Labute approximate surface area is 99.3 Å². The first-order valence-electron chi connectivity index (χ1n) is 6.85. The van der Waals surface area contributed by atoms with Gasteiger partial charge in [0.1, 0.15) is 0 Å². The molecule has 2 fully saturated rings. The first-order valence-corrected chi connectivity index (χ1v) is 6.85. The van der Waals surface area contributed by atoms with Crippen molar-refractivity contribution in [2.24, 2.45) is 0 Å². The maximum Gasteiger partial charge on any atom is 0.0645 e. The van der Waals surface area contributed by atoms with Crippen molar-refractivity contribution in [2.45, 2.75) is 57.0 Å². The molecule has 1 heterocycles. The average molecular weight is 226 g/mol. The van der Waals surface area contributed by atoms with Crippen LogP contribution in [-0.4, -0.2) is 37.9 Å². The molecule has 1 saturated heterocycles. The van der Waals surface area contributed by atoms with Gasteiger partial charge in [-0.05, 0) is 32.6 Å². The second kappa shape index (κ2) is 5.99. The van der Waals surface area contributed by atoms with Crippen molar-refractivity contribution < 1.29 is 4.74 Å². The highest BCUT2D eigenvalue weighted by molar-refractivity contribution is 4.85. The number of rotatable bonds is 5. The molecule has 0 aromatic rings. The lowest BCUT2D eigenvalue weighted by molar-refractivity contribution is 0.0288. The van der Waals surface area contributed by atoms with Crippen molar-refractivity contribution in [2.75, 3.05) is 26.3 Å². The summed E-state index contributed by atoms with van der Waals surface area (Å²) >= 11 is 0. The second-order valence-corrected chi connectivity index (χ2v) is 5.58. The Balaban J connectivity index is 1.56. The average Bonchev–Trinajstić information content (AvgIpc) is 2.78. The van der Waals surface area contributed by atoms with E-state index in [2.05, 4.69) is 17.6 Å². The molecule has 1 unspecified atom stereocenters. The molecule has 94 valence electrons. The first kappa shape index (κ1) is 12.3. The monoisotopic (exact) mass is 226 g/mol. The zero-order chi connectivity index (χ0) is 11.3. The summed E-state index contributed by atoms with van der Waals surface area (Å²) in [5, 5.41) is 7.27. The van der Waals surface area contributed by atoms with Crippen molar-refractivity contribution >= 4 is 0 Å². The van der Waals surface area contributed by atoms with Crippen LogP contribution in [-0.2, 0) is 4.74 Å². The van der Waals surface area contributed by atoms with Crippen LogP contribution in [0.1, 0.15) is 45.4 Å². The van der Waals surface area contributed by atoms with Gasteiger partial charge in [-0.2, -0.15) is 0 Å². The summed E-state index contributed by atoms with van der Waals surface area (Å²) in [5.74, 6) is 0. The Morgan fingerprint density at radius 2 is 2.00 bits per heavy atom. The topological polar surface area (TPSA) is 33.3 Å². The van der Waals surface area contributed by atoms with Gasteiger partial charge in [-0.3, -0.25) is 0 Å². The van der Waals surface area contributed by atoms with Crippen LogP contribution in [0.25, 0.3) is 0 Å². The second-order valence-electron chi connectivity index (χ2n) is 5.58. The fourth-order valence-corrected chi connectivity index (χ4v) is 2.84. The van der Waals surface area contributed by atoms with E-state index in [1.807, 2.05) is 0 Å². The smallest absolute Gasteiger partial charge is 0.0645 e. The number of nitrogens with one attached hydrogen (secondary N) is 2. The molecule has 1 saturated carbocycles. The molecule has 3 nitrogen and oxygen atoms in total. The van der Waals surface area contributed by atoms with Gasteiger partial charge in [0.2, 0.25) is 0 Å². The molecule has 2 aliphatic rings. The van der Waals surface area contributed by atoms with Crippen LogP contribution in [0.5, 0.6) is 0 Å². The van der Waals surface area contributed by atoms with Gasteiger partial charge in [0.15, 0.2) is 0 Å². The zero-order valence-corrected chi connectivity index (χ0v) is 10.6. The van der Waals surface area contributed by atoms with Crippen molar-refractivity contribution in [1.29, 1.82) is 0 Å². The van der Waals surface area contributed by atoms with Crippen molar-refractivity contribution in [1.82, 2.24) is 10.6 Å². The van der Waals surface area contributed by atoms with E-state index in [9.17, 15) is 0 Å². The highest BCUT2D eigenvalue weighted by Gasteiger charge is 2.26. The van der Waals surface area contributed by atoms with Crippen LogP contribution in [0, 0.1) is 0 Å². The lowest BCUT2D eigenvalue weighted by Gasteiger charge is -2.34. The van der Waals surface area contributed by atoms with Gasteiger partial charge in [-0.1, -0.05) is 12.8 Å². The fraction of sp³-hybridized carbons (Fsp3) is 1.00. The highest BCUT2D eigenvalue weighted by atomic mass is 16.5. The van der Waals surface area contributed by atoms with E-state index >= 15 is 0 Å². The molecule has 2 N–H and O–H groups in total. The summed E-state index contributed by atoms with van der Waals surface area (Å²) in [4.78, 5) is 0. The summed E-state index contributed by atoms with van der Waals surface area (Å²) < 4.78 is 5.53. The molecule has 0 aromatic carbocycles. The SMILES string of the molecule is CC1(NCCNC2CCCC2)CCCOC1. The summed E-state index contributed by atoms with van der Waals surface area (Å²) in [6.45, 7) is 6.26. The van der Waals surface area contributed by atoms with Crippen molar-refractivity contribution in [3.05, 3.63) is 0 Å². The number of ether oxygens (including phenoxy) is 1. The summed E-state index contributed by atoms with van der Waals surface area (Å²) in [6.07, 6.45) is 8.02. The molecule has 1 atom stereocenters. The Morgan fingerprint density at radius 3 is 2.69 bits per heavy atom. The van der Waals surface area contributed by atoms with Crippen molar-refractivity contribution in [3.63, 3.8) is 0 Å². The molecule has 1 aliphatic heterocycles. The van der Waals surface area contributed by atoms with Crippen LogP contribution in [0.15, 0.2) is 0 Å². The minimum atomic E-state index is 0.218. The molecule has 0 aromatic heterocycles. The van der Waals surface area contributed by atoms with Gasteiger partial charge < -0.3 is 15.4 Å². The predicted molar refractivity (Wildman–Crippen MR) is 66.7 cm³/mol. The summed E-state index contributed by atoms with van der Waals surface area (Å²) in [7, 11) is 0. The quantitative estimate of drug-likeness (QED) is 0.700. The molecule has 0 spiro atoms. The third-order valence-electron chi connectivity index (χ3n) is 3.90. The third kappa shape index (κ3) is 3.72. The van der Waals surface area contributed by atoms with Crippen LogP contribution in [0.4, 0.5) is 0 Å². The van der Waals surface area contributed by atoms with Crippen LogP contribution >= 0.6 is 0 Å². The summed E-state index contributed by atoms with van der Waals surface area (Å²) in [5.41, 5.74) is 0.218. The zero-order valence-electron chi connectivity index (χ0n) is 10.6. The normalized spacial score (nSPS) is 32.1. The predicted octanol–water partition coefficient (Wildman–Crippen LogP) is 1.68. The lowest BCUT2D eigenvalue weighted by Crippen LogP contribution is -2.51. The molecule has 2 rings (SSSR count). The fourth-order valence-electron chi connectivity index (χ4n) is 2.84. The third-order valence-corrected chi connectivity index (χ3v) is 3.90. The summed E-state index contributed by atoms with van der Waals surface area (Å²) in [6, 6.07) is 0.789. The van der Waals surface area contributed by atoms with E-state index in [0.717, 1.165) is 32.3 Å². The Hall–Kier alpha value is -0.120. The molecular weight excluding hydrogens is 200 g/mol. The minimum absolute atomic E-state index is 0.218. The van der Waals surface area contributed by atoms with Crippen LogP contribution in [0.2, 0.25) is 0 Å². The first-order chi connectivity index (χ1) is 7.79. The minimum Gasteiger partial charge on any atom is -0.380 e. The largest absolute Gasteiger partial charge is 0.380 e. The van der Waals surface area contributed by atoms with E-state index in [0.29, 0.717) is 0 Å². The van der Waals surface area contributed by atoms with E-state index in [1.54, 1.807) is 0 Å². The Bertz CT molecular complexity index is 196. The van der Waals surface area contributed by atoms with Crippen LogP contribution in [0.3, 0.4) is 0 Å². The maximum atomic E-state index is 5.53. The molecule has 0 amide bonds. The van der Waals surface area contributed by atoms with Gasteiger partial charge in [-0.15, -0.1) is 0 Å². The van der Waals surface area contributed by atoms with E-state index < -0.39 is 0 Å². The van der Waals surface area contributed by atoms with E-state index in [4.69, 9.17) is 4.74 Å². The van der Waals surface area contributed by atoms with Gasteiger partial charge in [0.25, 0.3) is 0 Å². The Morgan fingerprint density at radius 1 is 1.19 bits per heavy atom. The molecule has 0 bridgehead atoms. The van der Waals surface area contributed by atoms with E-state index in [-0.39, 0.29) is 5.54 Å². The van der Waals surface area contributed by atoms with Gasteiger partial charge in [0, 0.05) is 31.3 Å². The van der Waals surface area contributed by atoms with Crippen molar-refractivity contribution in [3.8, 4) is 0 Å². The van der Waals surface area contributed by atoms with Gasteiger partial charge >= 0.3 is 0 Å². The highest BCUT2D eigenvalue weighted by Crippen LogP contribution is 2.18. The molecule has 16 heavy (non-hydrogen) atoms. The maximum absolute atomic E-state index is 5.53. The Kier molecular flexibility index (Phi) is 4.62. The van der Waals surface area contributed by atoms with E-state index in [1.165, 1.54) is 38.5 Å². The molecule has 3 heteroatoms. The van der Waals surface area contributed by atoms with Gasteiger partial charge in [0.05, 0.1) is 6.61 Å². The standard InChI is InChI=1S/C13H26N2O/c1-13(7-4-10-16-11-13)15-9-8-14-12-5-2-3-6-12/h12,14-15H,2-11H2,1H3. The number of hydrogen-bond acceptors (Lipinski definition) is 3. The molecule has 0 radical (unpaired) electrons. The molecule has 1 aliphatic carbocycles. The van der Waals surface area contributed by atoms with Crippen LogP contribution < -0.4 is 10.6 Å². The van der Waals surface area contributed by atoms with Gasteiger partial charge in [-0.25, -0.2) is 0 Å². The number of hydrogen-bond donors (Lipinski definition) is 2. The lowest BCUT2D eigenvalue weighted by atomic mass is 9.95.